The van der Waals surface area contributed by atoms with E-state index >= 15 is 0 Å². The van der Waals surface area contributed by atoms with Crippen molar-refractivity contribution in [3.05, 3.63) is 30.1 Å². The van der Waals surface area contributed by atoms with E-state index in [0.717, 1.165) is 16.9 Å². The number of rotatable bonds is 6. The number of para-hydroxylation sites is 2. The van der Waals surface area contributed by atoms with Crippen LogP contribution < -0.4 is 5.32 Å². The van der Waals surface area contributed by atoms with Crippen molar-refractivity contribution in [2.75, 3.05) is 6.54 Å². The predicted molar refractivity (Wildman–Crippen MR) is 95.2 cm³/mol. The van der Waals surface area contributed by atoms with Crippen LogP contribution in [0.4, 0.5) is 0 Å². The van der Waals surface area contributed by atoms with Gasteiger partial charge < -0.3 is 15.0 Å². The first-order chi connectivity index (χ1) is 11.7. The molecule has 2 N–H and O–H groups in total. The summed E-state index contributed by atoms with van der Waals surface area (Å²) >= 11 is 0. The third-order valence-electron chi connectivity index (χ3n) is 5.21. The maximum absolute atomic E-state index is 12.3. The molecule has 1 aromatic carbocycles. The van der Waals surface area contributed by atoms with Gasteiger partial charge in [0.1, 0.15) is 5.82 Å². The van der Waals surface area contributed by atoms with Gasteiger partial charge in [0.25, 0.3) is 0 Å². The van der Waals surface area contributed by atoms with Crippen LogP contribution in [0.25, 0.3) is 11.0 Å². The number of carbonyl (C=O) groups is 2. The Labute approximate surface area is 147 Å². The lowest BCUT2D eigenvalue weighted by molar-refractivity contribution is -0.140. The average molecular weight is 343 g/mol. The molecule has 1 saturated carbocycles. The molecule has 134 valence electrons. The van der Waals surface area contributed by atoms with Gasteiger partial charge in [-0.05, 0) is 31.4 Å². The first-order valence-electron chi connectivity index (χ1n) is 8.71. The van der Waals surface area contributed by atoms with Crippen LogP contribution in [0.3, 0.4) is 0 Å². The fraction of sp³-hybridized carbons (Fsp3) is 0.526. The zero-order valence-corrected chi connectivity index (χ0v) is 15.1. The summed E-state index contributed by atoms with van der Waals surface area (Å²) in [5, 5.41) is 12.1. The highest BCUT2D eigenvalue weighted by molar-refractivity contribution is 5.91. The summed E-state index contributed by atoms with van der Waals surface area (Å²) in [6.45, 7) is 8.33. The van der Waals surface area contributed by atoms with Crippen molar-refractivity contribution < 1.29 is 14.7 Å². The molecule has 0 aliphatic heterocycles. The van der Waals surface area contributed by atoms with Crippen molar-refractivity contribution in [2.45, 2.75) is 40.2 Å². The molecule has 1 aromatic heterocycles. The maximum atomic E-state index is 12.3. The molecule has 6 nitrogen and oxygen atoms in total. The number of imidazole rings is 1. The van der Waals surface area contributed by atoms with Gasteiger partial charge in [-0.15, -0.1) is 0 Å². The Morgan fingerprint density at radius 2 is 1.96 bits per heavy atom. The molecule has 25 heavy (non-hydrogen) atoms. The number of carbonyl (C=O) groups excluding carboxylic acids is 1. The van der Waals surface area contributed by atoms with Gasteiger partial charge in [0, 0.05) is 19.0 Å². The van der Waals surface area contributed by atoms with E-state index in [1.807, 2.05) is 32.0 Å². The minimum absolute atomic E-state index is 0.176. The molecule has 3 rings (SSSR count). The van der Waals surface area contributed by atoms with E-state index in [-0.39, 0.29) is 11.9 Å². The molecule has 2 aromatic rings. The van der Waals surface area contributed by atoms with E-state index in [1.165, 1.54) is 0 Å². The minimum atomic E-state index is -0.897. The third kappa shape index (κ3) is 3.01. The Balaban J connectivity index is 1.67. The van der Waals surface area contributed by atoms with E-state index in [4.69, 9.17) is 0 Å². The first kappa shape index (κ1) is 17.5. The Bertz CT molecular complexity index is 822. The predicted octanol–water partition coefficient (Wildman–Crippen LogP) is 2.63. The van der Waals surface area contributed by atoms with Crippen LogP contribution in [0.5, 0.6) is 0 Å². The van der Waals surface area contributed by atoms with Crippen LogP contribution in [-0.2, 0) is 16.0 Å². The molecular formula is C19H25N3O3. The second-order valence-corrected chi connectivity index (χ2v) is 7.64. The number of hydrogen-bond donors (Lipinski definition) is 2. The zero-order chi connectivity index (χ0) is 18.4. The van der Waals surface area contributed by atoms with E-state index < -0.39 is 23.2 Å². The molecule has 0 spiro atoms. The SMILES string of the molecule is CC(C)n1c(CCNC(=O)[C@@H]2[C@H](C(=O)O)C2(C)C)nc2ccccc21. The highest BCUT2D eigenvalue weighted by Gasteiger charge is 2.65. The van der Waals surface area contributed by atoms with Crippen molar-refractivity contribution >= 4 is 22.9 Å². The largest absolute Gasteiger partial charge is 0.481 e. The molecule has 1 aliphatic carbocycles. The summed E-state index contributed by atoms with van der Waals surface area (Å²) < 4.78 is 2.18. The standard InChI is InChI=1S/C19H25N3O3/c1-11(2)22-13-8-6-5-7-12(13)21-14(22)9-10-20-17(23)15-16(18(24)25)19(15,3)4/h5-8,11,15-16H,9-10H2,1-4H3,(H,20,23)(H,24,25)/t15-,16+/m0/s1. The summed E-state index contributed by atoms with van der Waals surface area (Å²) in [5.41, 5.74) is 1.57. The lowest BCUT2D eigenvalue weighted by Gasteiger charge is -2.13. The number of amides is 1. The van der Waals surface area contributed by atoms with Crippen LogP contribution >= 0.6 is 0 Å². The molecule has 0 bridgehead atoms. The van der Waals surface area contributed by atoms with Crippen LogP contribution in [0.1, 0.15) is 39.6 Å². The molecule has 0 unspecified atom stereocenters. The molecule has 1 heterocycles. The number of aliphatic carboxylic acids is 1. The lowest BCUT2D eigenvalue weighted by atomic mass is 10.1. The van der Waals surface area contributed by atoms with E-state index in [9.17, 15) is 14.7 Å². The number of nitrogens with one attached hydrogen (secondary N) is 1. The van der Waals surface area contributed by atoms with Gasteiger partial charge in [-0.2, -0.15) is 0 Å². The van der Waals surface area contributed by atoms with Gasteiger partial charge in [0.15, 0.2) is 0 Å². The van der Waals surface area contributed by atoms with Crippen molar-refractivity contribution in [3.8, 4) is 0 Å². The van der Waals surface area contributed by atoms with E-state index in [2.05, 4.69) is 34.8 Å². The Morgan fingerprint density at radius 1 is 1.28 bits per heavy atom. The highest BCUT2D eigenvalue weighted by atomic mass is 16.4. The number of carboxylic acids is 1. The average Bonchev–Trinajstić information content (AvgIpc) is 2.94. The zero-order valence-electron chi connectivity index (χ0n) is 15.1. The third-order valence-corrected chi connectivity index (χ3v) is 5.21. The molecule has 1 aliphatic rings. The van der Waals surface area contributed by atoms with Gasteiger partial charge in [-0.1, -0.05) is 26.0 Å². The molecule has 1 fully saturated rings. The summed E-state index contributed by atoms with van der Waals surface area (Å²) in [5.74, 6) is -1.18. The highest BCUT2D eigenvalue weighted by Crippen LogP contribution is 2.58. The maximum Gasteiger partial charge on any atom is 0.307 e. The van der Waals surface area contributed by atoms with E-state index in [1.54, 1.807) is 0 Å². The smallest absolute Gasteiger partial charge is 0.307 e. The molecular weight excluding hydrogens is 318 g/mol. The number of aromatic nitrogens is 2. The number of nitrogens with zero attached hydrogens (tertiary/aromatic N) is 2. The number of hydrogen-bond acceptors (Lipinski definition) is 3. The van der Waals surface area contributed by atoms with E-state index in [0.29, 0.717) is 13.0 Å². The van der Waals surface area contributed by atoms with Gasteiger partial charge >= 0.3 is 5.97 Å². The molecule has 2 atom stereocenters. The summed E-state index contributed by atoms with van der Waals surface area (Å²) in [7, 11) is 0. The molecule has 1 amide bonds. The number of fused-ring (bicyclic) bond motifs is 1. The summed E-state index contributed by atoms with van der Waals surface area (Å²) in [6.07, 6.45) is 0.615. The van der Waals surface area contributed by atoms with Gasteiger partial charge in [0.2, 0.25) is 5.91 Å². The minimum Gasteiger partial charge on any atom is -0.481 e. The van der Waals surface area contributed by atoms with Crippen molar-refractivity contribution in [1.82, 2.24) is 14.9 Å². The first-order valence-corrected chi connectivity index (χ1v) is 8.71. The summed E-state index contributed by atoms with van der Waals surface area (Å²) in [4.78, 5) is 28.2. The molecule has 0 radical (unpaired) electrons. The second-order valence-electron chi connectivity index (χ2n) is 7.64. The van der Waals surface area contributed by atoms with Crippen molar-refractivity contribution in [2.24, 2.45) is 17.3 Å². The fourth-order valence-corrected chi connectivity index (χ4v) is 3.84. The van der Waals surface area contributed by atoms with Gasteiger partial charge in [0.05, 0.1) is 22.9 Å². The Hall–Kier alpha value is -2.37. The Kier molecular flexibility index (Phi) is 4.31. The van der Waals surface area contributed by atoms with Crippen molar-refractivity contribution in [3.63, 3.8) is 0 Å². The van der Waals surface area contributed by atoms with Gasteiger partial charge in [-0.3, -0.25) is 9.59 Å². The van der Waals surface area contributed by atoms with Crippen LogP contribution in [0.2, 0.25) is 0 Å². The Morgan fingerprint density at radius 3 is 2.56 bits per heavy atom. The van der Waals surface area contributed by atoms with Crippen LogP contribution in [0.15, 0.2) is 24.3 Å². The second kappa shape index (κ2) is 6.17. The fourth-order valence-electron chi connectivity index (χ4n) is 3.84. The summed E-state index contributed by atoms with van der Waals surface area (Å²) in [6, 6.07) is 8.27. The normalized spacial score (nSPS) is 21.5. The monoisotopic (exact) mass is 343 g/mol. The number of benzene rings is 1. The number of carboxylic acid groups (broad SMARTS) is 1. The molecule has 6 heteroatoms. The quantitative estimate of drug-likeness (QED) is 0.844. The topological polar surface area (TPSA) is 84.2 Å². The van der Waals surface area contributed by atoms with Crippen molar-refractivity contribution in [1.29, 1.82) is 0 Å². The van der Waals surface area contributed by atoms with Gasteiger partial charge in [-0.25, -0.2) is 4.98 Å². The van der Waals surface area contributed by atoms with Crippen LogP contribution in [0, 0.1) is 17.3 Å². The van der Waals surface area contributed by atoms with Crippen LogP contribution in [-0.4, -0.2) is 33.1 Å². The molecule has 0 saturated heterocycles. The lowest BCUT2D eigenvalue weighted by Crippen LogP contribution is -2.29.